The molecule has 1 aliphatic carbocycles. The van der Waals surface area contributed by atoms with Gasteiger partial charge < -0.3 is 9.47 Å². The lowest BCUT2D eigenvalue weighted by molar-refractivity contribution is -0.223. The standard InChI is InChI=1S/C13H17NO5S/c15-20(16,17)14-9-12-10-5-1-2-6-11(10)18-13(19-12)7-3-4-8-13/h1-2,5-6,12,14H,3-4,7-9H2,(H,15,16,17)/t12-/m1/s1. The molecule has 1 atom stereocenters. The Kier molecular flexibility index (Phi) is 3.45. The maximum atomic E-state index is 10.9. The molecule has 1 heterocycles. The quantitative estimate of drug-likeness (QED) is 0.831. The molecule has 7 heteroatoms. The first kappa shape index (κ1) is 13.8. The van der Waals surface area contributed by atoms with E-state index in [-0.39, 0.29) is 6.54 Å². The van der Waals surface area contributed by atoms with Crippen LogP contribution in [-0.4, -0.2) is 25.3 Å². The molecule has 1 fully saturated rings. The third-order valence-electron chi connectivity index (χ3n) is 3.74. The topological polar surface area (TPSA) is 84.9 Å². The van der Waals surface area contributed by atoms with Crippen LogP contribution in [0.5, 0.6) is 5.75 Å². The normalized spacial score (nSPS) is 24.4. The molecule has 1 saturated carbocycles. The van der Waals surface area contributed by atoms with Gasteiger partial charge in [-0.15, -0.1) is 0 Å². The fourth-order valence-corrected chi connectivity index (χ4v) is 3.21. The summed E-state index contributed by atoms with van der Waals surface area (Å²) in [6.45, 7) is -0.0129. The van der Waals surface area contributed by atoms with Gasteiger partial charge in [-0.3, -0.25) is 4.55 Å². The van der Waals surface area contributed by atoms with Gasteiger partial charge >= 0.3 is 10.3 Å². The Morgan fingerprint density at radius 1 is 1.30 bits per heavy atom. The van der Waals surface area contributed by atoms with Crippen molar-refractivity contribution in [3.8, 4) is 5.75 Å². The fourth-order valence-electron chi connectivity index (χ4n) is 2.85. The third-order valence-corrected chi connectivity index (χ3v) is 4.27. The molecule has 0 aromatic heterocycles. The van der Waals surface area contributed by atoms with Crippen molar-refractivity contribution >= 4 is 10.3 Å². The van der Waals surface area contributed by atoms with Crippen molar-refractivity contribution in [2.75, 3.05) is 6.54 Å². The molecule has 1 aromatic carbocycles. The molecule has 20 heavy (non-hydrogen) atoms. The Hall–Kier alpha value is -1.15. The maximum Gasteiger partial charge on any atom is 0.333 e. The van der Waals surface area contributed by atoms with Crippen LogP contribution in [0.25, 0.3) is 0 Å². The SMILES string of the molecule is O=S(=O)(O)NC[C@H]1OC2(CCCC2)Oc2ccccc21. The maximum absolute atomic E-state index is 10.9. The van der Waals surface area contributed by atoms with Gasteiger partial charge in [0.2, 0.25) is 5.79 Å². The van der Waals surface area contributed by atoms with Crippen molar-refractivity contribution < 1.29 is 22.4 Å². The van der Waals surface area contributed by atoms with Gasteiger partial charge in [-0.1, -0.05) is 18.2 Å². The zero-order chi connectivity index (χ0) is 14.2. The smallest absolute Gasteiger partial charge is 0.333 e. The highest BCUT2D eigenvalue weighted by Gasteiger charge is 2.44. The molecule has 2 aliphatic rings. The van der Waals surface area contributed by atoms with Crippen LogP contribution in [0.4, 0.5) is 0 Å². The zero-order valence-electron chi connectivity index (χ0n) is 10.9. The highest BCUT2D eigenvalue weighted by atomic mass is 32.2. The molecule has 1 spiro atoms. The lowest BCUT2D eigenvalue weighted by Gasteiger charge is -2.40. The first-order valence-corrected chi connectivity index (χ1v) is 8.09. The number of nitrogens with one attached hydrogen (secondary N) is 1. The van der Waals surface area contributed by atoms with E-state index in [4.69, 9.17) is 14.0 Å². The largest absolute Gasteiger partial charge is 0.462 e. The van der Waals surface area contributed by atoms with E-state index in [0.717, 1.165) is 37.0 Å². The summed E-state index contributed by atoms with van der Waals surface area (Å²) < 4.78 is 44.6. The van der Waals surface area contributed by atoms with E-state index in [9.17, 15) is 8.42 Å². The van der Waals surface area contributed by atoms with E-state index in [1.54, 1.807) is 0 Å². The van der Waals surface area contributed by atoms with E-state index in [1.807, 2.05) is 24.3 Å². The minimum Gasteiger partial charge on any atom is -0.462 e. The molecule has 3 rings (SSSR count). The molecule has 0 saturated heterocycles. The molecule has 0 unspecified atom stereocenters. The average Bonchev–Trinajstić information content (AvgIpc) is 2.83. The van der Waals surface area contributed by atoms with Gasteiger partial charge in [0.15, 0.2) is 0 Å². The van der Waals surface area contributed by atoms with Gasteiger partial charge in [0, 0.05) is 24.9 Å². The Bertz CT molecular complexity index is 595. The van der Waals surface area contributed by atoms with E-state index in [1.165, 1.54) is 0 Å². The molecule has 0 radical (unpaired) electrons. The van der Waals surface area contributed by atoms with Gasteiger partial charge in [-0.05, 0) is 18.9 Å². The van der Waals surface area contributed by atoms with Crippen molar-refractivity contribution in [1.29, 1.82) is 0 Å². The molecule has 1 aromatic rings. The second-order valence-corrected chi connectivity index (χ2v) is 6.43. The number of ether oxygens (including phenoxy) is 2. The van der Waals surface area contributed by atoms with Crippen LogP contribution in [-0.2, 0) is 15.0 Å². The zero-order valence-corrected chi connectivity index (χ0v) is 11.7. The average molecular weight is 299 g/mol. The molecule has 0 amide bonds. The van der Waals surface area contributed by atoms with Crippen LogP contribution in [0, 0.1) is 0 Å². The van der Waals surface area contributed by atoms with E-state index in [2.05, 4.69) is 4.72 Å². The van der Waals surface area contributed by atoms with Gasteiger partial charge in [-0.25, -0.2) is 0 Å². The Balaban J connectivity index is 1.87. The predicted molar refractivity (Wildman–Crippen MR) is 71.6 cm³/mol. The van der Waals surface area contributed by atoms with Crippen LogP contribution < -0.4 is 9.46 Å². The predicted octanol–water partition coefficient (Wildman–Crippen LogP) is 1.80. The summed E-state index contributed by atoms with van der Waals surface area (Å²) in [6, 6.07) is 7.42. The fraction of sp³-hybridized carbons (Fsp3) is 0.538. The Morgan fingerprint density at radius 2 is 2.00 bits per heavy atom. The van der Waals surface area contributed by atoms with Crippen LogP contribution in [0.1, 0.15) is 37.4 Å². The summed E-state index contributed by atoms with van der Waals surface area (Å²) >= 11 is 0. The molecular formula is C13H17NO5S. The first-order chi connectivity index (χ1) is 9.48. The van der Waals surface area contributed by atoms with Crippen molar-refractivity contribution in [1.82, 2.24) is 4.72 Å². The lowest BCUT2D eigenvalue weighted by atomic mass is 10.0. The van der Waals surface area contributed by atoms with Crippen LogP contribution >= 0.6 is 0 Å². The summed E-state index contributed by atoms with van der Waals surface area (Å²) in [7, 11) is -4.23. The summed E-state index contributed by atoms with van der Waals surface area (Å²) in [4.78, 5) is 0. The molecule has 1 aliphatic heterocycles. The van der Waals surface area contributed by atoms with Gasteiger partial charge in [-0.2, -0.15) is 13.1 Å². The second kappa shape index (κ2) is 5.00. The minimum atomic E-state index is -4.23. The molecule has 6 nitrogen and oxygen atoms in total. The number of benzene rings is 1. The highest BCUT2D eigenvalue weighted by Crippen LogP contribution is 2.45. The molecular weight excluding hydrogens is 282 g/mol. The molecule has 0 bridgehead atoms. The highest BCUT2D eigenvalue weighted by molar-refractivity contribution is 7.83. The number of hydrogen-bond acceptors (Lipinski definition) is 4. The van der Waals surface area contributed by atoms with Gasteiger partial charge in [0.05, 0.1) is 0 Å². The second-order valence-electron chi connectivity index (χ2n) is 5.19. The van der Waals surface area contributed by atoms with Crippen LogP contribution in [0.2, 0.25) is 0 Å². The van der Waals surface area contributed by atoms with Gasteiger partial charge in [0.25, 0.3) is 0 Å². The van der Waals surface area contributed by atoms with Crippen molar-refractivity contribution in [2.45, 2.75) is 37.6 Å². The van der Waals surface area contributed by atoms with Crippen molar-refractivity contribution in [3.05, 3.63) is 29.8 Å². The van der Waals surface area contributed by atoms with Crippen molar-refractivity contribution in [2.24, 2.45) is 0 Å². The van der Waals surface area contributed by atoms with Crippen molar-refractivity contribution in [3.63, 3.8) is 0 Å². The summed E-state index contributed by atoms with van der Waals surface area (Å²) in [6.07, 6.45) is 3.19. The van der Waals surface area contributed by atoms with Crippen LogP contribution in [0.3, 0.4) is 0 Å². The monoisotopic (exact) mass is 299 g/mol. The van der Waals surface area contributed by atoms with Crippen LogP contribution in [0.15, 0.2) is 24.3 Å². The third kappa shape index (κ3) is 2.80. The summed E-state index contributed by atoms with van der Waals surface area (Å²) in [5, 5.41) is 0. The minimum absolute atomic E-state index is 0.0129. The number of hydrogen-bond donors (Lipinski definition) is 2. The number of para-hydroxylation sites is 1. The Labute approximate surface area is 118 Å². The van der Waals surface area contributed by atoms with Gasteiger partial charge in [0.1, 0.15) is 11.9 Å². The van der Waals surface area contributed by atoms with E-state index in [0.29, 0.717) is 0 Å². The number of rotatable bonds is 3. The summed E-state index contributed by atoms with van der Waals surface area (Å²) in [5.74, 6) is 0.0719. The number of fused-ring (bicyclic) bond motifs is 1. The molecule has 2 N–H and O–H groups in total. The Morgan fingerprint density at radius 3 is 2.70 bits per heavy atom. The lowest BCUT2D eigenvalue weighted by Crippen LogP contribution is -2.44. The molecule has 110 valence electrons. The summed E-state index contributed by atoms with van der Waals surface area (Å²) in [5.41, 5.74) is 0.793. The first-order valence-electron chi connectivity index (χ1n) is 6.65. The van der Waals surface area contributed by atoms with E-state index >= 15 is 0 Å². The van der Waals surface area contributed by atoms with E-state index < -0.39 is 22.2 Å².